The molecule has 3 rings (SSSR count). The first-order valence-corrected chi connectivity index (χ1v) is 11.2. The standard InChI is InChI=1S/C22H18ClF3N2O4S/c1-32-19-9-11-20(12-10-19)33(30,31)28(18-4-2-3-16(23)13-18)14-21(29)27-17-7-5-15(6-8-17)22(24,25)26/h2-13H,14H2,1H3,(H,27,29). The van der Waals surface area contributed by atoms with Crippen LogP contribution in [0.2, 0.25) is 5.02 Å². The van der Waals surface area contributed by atoms with E-state index in [0.717, 1.165) is 28.6 Å². The molecular formula is C22H18ClF3N2O4S. The first-order chi connectivity index (χ1) is 15.5. The molecule has 0 aromatic heterocycles. The summed E-state index contributed by atoms with van der Waals surface area (Å²) >= 11 is 6.01. The van der Waals surface area contributed by atoms with E-state index < -0.39 is 34.2 Å². The predicted octanol–water partition coefficient (Wildman–Crippen LogP) is 5.20. The molecule has 1 N–H and O–H groups in total. The number of nitrogens with one attached hydrogen (secondary N) is 1. The van der Waals surface area contributed by atoms with Crippen LogP contribution in [0.25, 0.3) is 0 Å². The van der Waals surface area contributed by atoms with Gasteiger partial charge in [0.15, 0.2) is 0 Å². The Kier molecular flexibility index (Phi) is 7.19. The van der Waals surface area contributed by atoms with Crippen molar-refractivity contribution < 1.29 is 31.1 Å². The molecule has 0 unspecified atom stereocenters. The maximum Gasteiger partial charge on any atom is 0.416 e. The second-order valence-corrected chi connectivity index (χ2v) is 9.09. The number of benzene rings is 3. The fourth-order valence-electron chi connectivity index (χ4n) is 2.89. The van der Waals surface area contributed by atoms with Crippen molar-refractivity contribution in [2.75, 3.05) is 23.3 Å². The zero-order valence-corrected chi connectivity index (χ0v) is 18.7. The summed E-state index contributed by atoms with van der Waals surface area (Å²) in [5.41, 5.74) is -0.648. The van der Waals surface area contributed by atoms with Gasteiger partial charge in [-0.2, -0.15) is 13.2 Å². The number of halogens is 4. The second-order valence-electron chi connectivity index (χ2n) is 6.79. The van der Waals surface area contributed by atoms with Gasteiger partial charge in [-0.05, 0) is 66.7 Å². The van der Waals surface area contributed by atoms with Crippen LogP contribution >= 0.6 is 11.6 Å². The molecule has 0 aliphatic rings. The summed E-state index contributed by atoms with van der Waals surface area (Å²) in [5, 5.41) is 2.67. The van der Waals surface area contributed by atoms with Gasteiger partial charge in [-0.25, -0.2) is 8.42 Å². The largest absolute Gasteiger partial charge is 0.497 e. The molecule has 0 spiro atoms. The molecular weight excluding hydrogens is 481 g/mol. The first kappa shape index (κ1) is 24.4. The van der Waals surface area contributed by atoms with E-state index in [1.165, 1.54) is 49.6 Å². The highest BCUT2D eigenvalue weighted by Crippen LogP contribution is 2.30. The third-order valence-corrected chi connectivity index (χ3v) is 6.55. The summed E-state index contributed by atoms with van der Waals surface area (Å²) in [7, 11) is -2.76. The van der Waals surface area contributed by atoms with Gasteiger partial charge in [-0.15, -0.1) is 0 Å². The van der Waals surface area contributed by atoms with Gasteiger partial charge in [0.2, 0.25) is 5.91 Å². The minimum atomic E-state index is -4.52. The van der Waals surface area contributed by atoms with Crippen LogP contribution in [0.1, 0.15) is 5.56 Å². The second kappa shape index (κ2) is 9.72. The Morgan fingerprint density at radius 2 is 1.67 bits per heavy atom. The van der Waals surface area contributed by atoms with E-state index in [-0.39, 0.29) is 21.3 Å². The Hall–Kier alpha value is -3.24. The molecule has 6 nitrogen and oxygen atoms in total. The quantitative estimate of drug-likeness (QED) is 0.486. The fraction of sp³-hybridized carbons (Fsp3) is 0.136. The first-order valence-electron chi connectivity index (χ1n) is 9.40. The molecule has 0 bridgehead atoms. The van der Waals surface area contributed by atoms with Gasteiger partial charge in [-0.3, -0.25) is 9.10 Å². The topological polar surface area (TPSA) is 75.7 Å². The molecule has 0 aliphatic carbocycles. The van der Waals surface area contributed by atoms with Gasteiger partial charge in [0.25, 0.3) is 10.0 Å². The van der Waals surface area contributed by atoms with E-state index in [1.54, 1.807) is 6.07 Å². The number of carbonyl (C=O) groups is 1. The Morgan fingerprint density at radius 1 is 1.03 bits per heavy atom. The fourth-order valence-corrected chi connectivity index (χ4v) is 4.49. The van der Waals surface area contributed by atoms with Crippen molar-refractivity contribution >= 4 is 38.9 Å². The number of ether oxygens (including phenoxy) is 1. The van der Waals surface area contributed by atoms with Crippen molar-refractivity contribution in [1.82, 2.24) is 0 Å². The van der Waals surface area contributed by atoms with Gasteiger partial charge >= 0.3 is 6.18 Å². The number of rotatable bonds is 7. The number of hydrogen-bond donors (Lipinski definition) is 1. The summed E-state index contributed by atoms with van der Waals surface area (Å²) in [6.07, 6.45) is -4.52. The van der Waals surface area contributed by atoms with E-state index in [1.807, 2.05) is 0 Å². The molecule has 3 aromatic carbocycles. The molecule has 0 saturated carbocycles. The molecule has 0 fully saturated rings. The summed E-state index contributed by atoms with van der Waals surface area (Å²) in [6.45, 7) is -0.643. The predicted molar refractivity (Wildman–Crippen MR) is 119 cm³/mol. The molecule has 0 radical (unpaired) electrons. The Bertz CT molecular complexity index is 1230. The average Bonchev–Trinajstić information content (AvgIpc) is 2.77. The SMILES string of the molecule is COc1ccc(S(=O)(=O)N(CC(=O)Nc2ccc(C(F)(F)F)cc2)c2cccc(Cl)c2)cc1. The summed E-state index contributed by atoms with van der Waals surface area (Å²) in [4.78, 5) is 12.6. The number of sulfonamides is 1. The van der Waals surface area contributed by atoms with E-state index in [2.05, 4.69) is 5.32 Å². The number of amides is 1. The normalized spacial score (nSPS) is 11.7. The van der Waals surface area contributed by atoms with Crippen LogP contribution in [0, 0.1) is 0 Å². The number of anilines is 2. The molecule has 3 aromatic rings. The number of hydrogen-bond acceptors (Lipinski definition) is 4. The van der Waals surface area contributed by atoms with E-state index in [4.69, 9.17) is 16.3 Å². The Balaban J connectivity index is 1.89. The Morgan fingerprint density at radius 3 is 2.21 bits per heavy atom. The van der Waals surface area contributed by atoms with Crippen LogP contribution < -0.4 is 14.4 Å². The zero-order chi connectivity index (χ0) is 24.2. The van der Waals surface area contributed by atoms with Crippen molar-refractivity contribution in [1.29, 1.82) is 0 Å². The summed E-state index contributed by atoms with van der Waals surface area (Å²) < 4.78 is 70.8. The van der Waals surface area contributed by atoms with Gasteiger partial charge in [0, 0.05) is 10.7 Å². The number of methoxy groups -OCH3 is 1. The van der Waals surface area contributed by atoms with E-state index in [9.17, 15) is 26.4 Å². The van der Waals surface area contributed by atoms with Gasteiger partial charge in [0.1, 0.15) is 12.3 Å². The smallest absolute Gasteiger partial charge is 0.416 e. The third-order valence-electron chi connectivity index (χ3n) is 4.53. The minimum Gasteiger partial charge on any atom is -0.497 e. The van der Waals surface area contributed by atoms with Crippen molar-refractivity contribution in [3.63, 3.8) is 0 Å². The highest BCUT2D eigenvalue weighted by atomic mass is 35.5. The van der Waals surface area contributed by atoms with Gasteiger partial charge < -0.3 is 10.1 Å². The van der Waals surface area contributed by atoms with Crippen LogP contribution in [0.15, 0.2) is 77.7 Å². The van der Waals surface area contributed by atoms with Crippen molar-refractivity contribution in [3.05, 3.63) is 83.4 Å². The van der Waals surface area contributed by atoms with Crippen LogP contribution in [0.4, 0.5) is 24.5 Å². The highest BCUT2D eigenvalue weighted by molar-refractivity contribution is 7.92. The minimum absolute atomic E-state index is 0.0842. The van der Waals surface area contributed by atoms with Crippen LogP contribution in [0.5, 0.6) is 5.75 Å². The van der Waals surface area contributed by atoms with Crippen molar-refractivity contribution in [2.24, 2.45) is 0 Å². The van der Waals surface area contributed by atoms with Crippen molar-refractivity contribution in [2.45, 2.75) is 11.1 Å². The molecule has 174 valence electrons. The molecule has 0 saturated heterocycles. The van der Waals surface area contributed by atoms with Crippen LogP contribution in [-0.2, 0) is 21.0 Å². The van der Waals surface area contributed by atoms with Crippen LogP contribution in [0.3, 0.4) is 0 Å². The molecule has 0 aliphatic heterocycles. The molecule has 0 atom stereocenters. The highest BCUT2D eigenvalue weighted by Gasteiger charge is 2.30. The lowest BCUT2D eigenvalue weighted by atomic mass is 10.2. The molecule has 33 heavy (non-hydrogen) atoms. The van der Waals surface area contributed by atoms with Gasteiger partial charge in [-0.1, -0.05) is 17.7 Å². The lowest BCUT2D eigenvalue weighted by Crippen LogP contribution is -2.38. The number of nitrogens with zero attached hydrogens (tertiary/aromatic N) is 1. The zero-order valence-electron chi connectivity index (χ0n) is 17.1. The molecule has 1 amide bonds. The lowest BCUT2D eigenvalue weighted by molar-refractivity contribution is -0.137. The lowest BCUT2D eigenvalue weighted by Gasteiger charge is -2.24. The van der Waals surface area contributed by atoms with Crippen molar-refractivity contribution in [3.8, 4) is 5.75 Å². The Labute approximate surface area is 193 Å². The van der Waals surface area contributed by atoms with Gasteiger partial charge in [0.05, 0.1) is 23.3 Å². The monoisotopic (exact) mass is 498 g/mol. The summed E-state index contributed by atoms with van der Waals surface area (Å²) in [6, 6.07) is 15.3. The number of alkyl halides is 3. The number of carbonyl (C=O) groups excluding carboxylic acids is 1. The molecule has 11 heteroatoms. The van der Waals surface area contributed by atoms with Crippen LogP contribution in [-0.4, -0.2) is 28.0 Å². The van der Waals surface area contributed by atoms with E-state index in [0.29, 0.717) is 5.75 Å². The maximum absolute atomic E-state index is 13.3. The maximum atomic E-state index is 13.3. The summed E-state index contributed by atoms with van der Waals surface area (Å²) in [5.74, 6) is -0.310. The average molecular weight is 499 g/mol. The third kappa shape index (κ3) is 5.96. The van der Waals surface area contributed by atoms with E-state index >= 15 is 0 Å². The molecule has 0 heterocycles.